The molecule has 0 aliphatic heterocycles. The van der Waals surface area contributed by atoms with E-state index in [-0.39, 0.29) is 5.91 Å². The minimum atomic E-state index is -0.399. The summed E-state index contributed by atoms with van der Waals surface area (Å²) in [6.45, 7) is 0. The van der Waals surface area contributed by atoms with Gasteiger partial charge in [-0.25, -0.2) is 0 Å². The predicted molar refractivity (Wildman–Crippen MR) is 63.9 cm³/mol. The monoisotopic (exact) mass is 230 g/mol. The standard InChI is InChI=1S/C9H14N2OS2/c1-13-6-4-7(10)9(12)11-8-3-2-5-14-8/h2-3,5,7H,4,6,10H2,1H3,(H,11,12)/t7-/m0/s1. The Morgan fingerprint density at radius 2 is 2.57 bits per heavy atom. The Hall–Kier alpha value is -0.520. The van der Waals surface area contributed by atoms with Crippen LogP contribution in [0.25, 0.3) is 0 Å². The molecule has 0 saturated heterocycles. The van der Waals surface area contributed by atoms with Gasteiger partial charge in [-0.1, -0.05) is 0 Å². The first-order valence-electron chi connectivity index (χ1n) is 4.33. The molecule has 0 radical (unpaired) electrons. The fourth-order valence-electron chi connectivity index (χ4n) is 0.940. The molecule has 1 atom stereocenters. The van der Waals surface area contributed by atoms with Crippen LogP contribution in [0, 0.1) is 0 Å². The van der Waals surface area contributed by atoms with Gasteiger partial charge in [-0.3, -0.25) is 4.79 Å². The number of carbonyl (C=O) groups excluding carboxylic acids is 1. The van der Waals surface area contributed by atoms with Crippen molar-refractivity contribution >= 4 is 34.0 Å². The van der Waals surface area contributed by atoms with Crippen LogP contribution in [0.1, 0.15) is 6.42 Å². The molecular weight excluding hydrogens is 216 g/mol. The third kappa shape index (κ3) is 3.69. The number of nitrogens with one attached hydrogen (secondary N) is 1. The second-order valence-corrected chi connectivity index (χ2v) is 4.79. The van der Waals surface area contributed by atoms with Crippen LogP contribution in [-0.2, 0) is 4.79 Å². The van der Waals surface area contributed by atoms with E-state index in [1.807, 2.05) is 23.8 Å². The molecule has 1 rings (SSSR count). The van der Waals surface area contributed by atoms with Crippen LogP contribution >= 0.6 is 23.1 Å². The number of nitrogens with two attached hydrogens (primary N) is 1. The second-order valence-electron chi connectivity index (χ2n) is 2.85. The van der Waals surface area contributed by atoms with Gasteiger partial charge in [0.1, 0.15) is 0 Å². The number of hydrogen-bond donors (Lipinski definition) is 2. The zero-order valence-electron chi connectivity index (χ0n) is 8.03. The van der Waals surface area contributed by atoms with Crippen LogP contribution in [-0.4, -0.2) is 24.0 Å². The molecule has 0 bridgehead atoms. The Kier molecular flexibility index (Phi) is 5.00. The maximum Gasteiger partial charge on any atom is 0.241 e. The number of rotatable bonds is 5. The van der Waals surface area contributed by atoms with E-state index in [1.165, 1.54) is 11.3 Å². The predicted octanol–water partition coefficient (Wildman–Crippen LogP) is 1.77. The number of hydrogen-bond acceptors (Lipinski definition) is 4. The minimum Gasteiger partial charge on any atom is -0.320 e. The van der Waals surface area contributed by atoms with Gasteiger partial charge in [0.05, 0.1) is 11.0 Å². The highest BCUT2D eigenvalue weighted by Crippen LogP contribution is 2.15. The van der Waals surface area contributed by atoms with Gasteiger partial charge in [-0.15, -0.1) is 11.3 Å². The molecular formula is C9H14N2OS2. The van der Waals surface area contributed by atoms with Gasteiger partial charge in [0.2, 0.25) is 5.91 Å². The van der Waals surface area contributed by atoms with Crippen molar-refractivity contribution in [3.8, 4) is 0 Å². The van der Waals surface area contributed by atoms with Gasteiger partial charge in [0.15, 0.2) is 0 Å². The molecule has 0 fully saturated rings. The molecule has 0 unspecified atom stereocenters. The third-order valence-corrected chi connectivity index (χ3v) is 3.17. The summed E-state index contributed by atoms with van der Waals surface area (Å²) in [5.41, 5.74) is 5.70. The molecule has 0 spiro atoms. The quantitative estimate of drug-likeness (QED) is 0.810. The lowest BCUT2D eigenvalue weighted by Gasteiger charge is -2.09. The van der Waals surface area contributed by atoms with Gasteiger partial charge < -0.3 is 11.1 Å². The fraction of sp³-hybridized carbons (Fsp3) is 0.444. The topological polar surface area (TPSA) is 55.1 Å². The molecule has 1 amide bonds. The number of thioether (sulfide) groups is 1. The number of amides is 1. The van der Waals surface area contributed by atoms with Crippen LogP contribution < -0.4 is 11.1 Å². The molecule has 3 N–H and O–H groups in total. The van der Waals surface area contributed by atoms with E-state index in [2.05, 4.69) is 5.32 Å². The molecule has 0 aliphatic carbocycles. The van der Waals surface area contributed by atoms with Crippen molar-refractivity contribution in [3.05, 3.63) is 17.5 Å². The fourth-order valence-corrected chi connectivity index (χ4v) is 2.05. The van der Waals surface area contributed by atoms with Crippen molar-refractivity contribution in [3.63, 3.8) is 0 Å². The Morgan fingerprint density at radius 1 is 1.79 bits per heavy atom. The molecule has 0 saturated carbocycles. The van der Waals surface area contributed by atoms with E-state index in [9.17, 15) is 4.79 Å². The maximum atomic E-state index is 11.5. The van der Waals surface area contributed by atoms with Gasteiger partial charge >= 0.3 is 0 Å². The van der Waals surface area contributed by atoms with Crippen molar-refractivity contribution < 1.29 is 4.79 Å². The summed E-state index contributed by atoms with van der Waals surface area (Å²) in [4.78, 5) is 11.5. The Bertz CT molecular complexity index is 274. The lowest BCUT2D eigenvalue weighted by Crippen LogP contribution is -2.35. The SMILES string of the molecule is CSCC[C@H](N)C(=O)Nc1cccs1. The Balaban J connectivity index is 2.34. The van der Waals surface area contributed by atoms with Gasteiger partial charge in [0, 0.05) is 0 Å². The normalized spacial score (nSPS) is 12.4. The van der Waals surface area contributed by atoms with E-state index in [0.29, 0.717) is 0 Å². The molecule has 3 nitrogen and oxygen atoms in total. The summed E-state index contributed by atoms with van der Waals surface area (Å²) in [7, 11) is 0. The first-order chi connectivity index (χ1) is 6.74. The van der Waals surface area contributed by atoms with E-state index < -0.39 is 6.04 Å². The average Bonchev–Trinajstić information content (AvgIpc) is 2.66. The second kappa shape index (κ2) is 6.06. The molecule has 0 aromatic carbocycles. The van der Waals surface area contributed by atoms with Crippen molar-refractivity contribution in [2.75, 3.05) is 17.3 Å². The lowest BCUT2D eigenvalue weighted by atomic mass is 10.2. The molecule has 1 heterocycles. The Morgan fingerprint density at radius 3 is 3.14 bits per heavy atom. The number of thiophene rings is 1. The summed E-state index contributed by atoms with van der Waals surface area (Å²) < 4.78 is 0. The maximum absolute atomic E-state index is 11.5. The summed E-state index contributed by atoms with van der Waals surface area (Å²) in [6.07, 6.45) is 2.72. The molecule has 5 heteroatoms. The highest BCUT2D eigenvalue weighted by Gasteiger charge is 2.12. The van der Waals surface area contributed by atoms with E-state index in [4.69, 9.17) is 5.73 Å². The summed E-state index contributed by atoms with van der Waals surface area (Å²) in [5.74, 6) is 0.820. The Labute approximate surface area is 92.1 Å². The van der Waals surface area contributed by atoms with Crippen molar-refractivity contribution in [2.24, 2.45) is 5.73 Å². The van der Waals surface area contributed by atoms with Crippen LogP contribution in [0.4, 0.5) is 5.00 Å². The van der Waals surface area contributed by atoms with Crippen LogP contribution in [0.2, 0.25) is 0 Å². The number of anilines is 1. The number of carbonyl (C=O) groups is 1. The highest BCUT2D eigenvalue weighted by molar-refractivity contribution is 7.98. The lowest BCUT2D eigenvalue weighted by molar-refractivity contribution is -0.117. The highest BCUT2D eigenvalue weighted by atomic mass is 32.2. The van der Waals surface area contributed by atoms with Gasteiger partial charge in [-0.05, 0) is 35.9 Å². The average molecular weight is 230 g/mol. The largest absolute Gasteiger partial charge is 0.320 e. The molecule has 1 aromatic rings. The van der Waals surface area contributed by atoms with Crippen molar-refractivity contribution in [1.29, 1.82) is 0 Å². The summed E-state index contributed by atoms with van der Waals surface area (Å²) in [6, 6.07) is 3.36. The molecule has 1 aromatic heterocycles. The first-order valence-corrected chi connectivity index (χ1v) is 6.60. The van der Waals surface area contributed by atoms with E-state index >= 15 is 0 Å². The molecule has 14 heavy (non-hydrogen) atoms. The van der Waals surface area contributed by atoms with Crippen LogP contribution in [0.5, 0.6) is 0 Å². The zero-order chi connectivity index (χ0) is 10.4. The summed E-state index contributed by atoms with van der Waals surface area (Å²) >= 11 is 3.20. The van der Waals surface area contributed by atoms with E-state index in [0.717, 1.165) is 17.2 Å². The van der Waals surface area contributed by atoms with Crippen LogP contribution in [0.15, 0.2) is 17.5 Å². The van der Waals surface area contributed by atoms with Crippen LogP contribution in [0.3, 0.4) is 0 Å². The molecule has 0 aliphatic rings. The van der Waals surface area contributed by atoms with Gasteiger partial charge in [0.25, 0.3) is 0 Å². The first kappa shape index (κ1) is 11.6. The molecule has 78 valence electrons. The zero-order valence-corrected chi connectivity index (χ0v) is 9.66. The summed E-state index contributed by atoms with van der Waals surface area (Å²) in [5, 5.41) is 5.55. The van der Waals surface area contributed by atoms with E-state index in [1.54, 1.807) is 11.8 Å². The van der Waals surface area contributed by atoms with Crippen molar-refractivity contribution in [1.82, 2.24) is 0 Å². The van der Waals surface area contributed by atoms with Crippen molar-refractivity contribution in [2.45, 2.75) is 12.5 Å². The third-order valence-electron chi connectivity index (χ3n) is 1.74. The minimum absolute atomic E-state index is 0.0958. The smallest absolute Gasteiger partial charge is 0.241 e. The van der Waals surface area contributed by atoms with Gasteiger partial charge in [-0.2, -0.15) is 11.8 Å².